The Bertz CT molecular complexity index is 1240. The lowest BCUT2D eigenvalue weighted by Gasteiger charge is -2.17. The van der Waals surface area contributed by atoms with Crippen LogP contribution in [0.1, 0.15) is 27.8 Å². The summed E-state index contributed by atoms with van der Waals surface area (Å²) in [5.41, 5.74) is 4.20. The number of rotatable bonds is 6. The van der Waals surface area contributed by atoms with Crippen molar-refractivity contribution >= 4 is 45.2 Å². The van der Waals surface area contributed by atoms with Crippen LogP contribution < -0.4 is 5.32 Å². The molecule has 1 aromatic heterocycles. The van der Waals surface area contributed by atoms with Gasteiger partial charge in [0.2, 0.25) is 6.10 Å². The van der Waals surface area contributed by atoms with Gasteiger partial charge in [0.1, 0.15) is 5.01 Å². The Balaban J connectivity index is 1.52. The zero-order chi connectivity index (χ0) is 22.5. The molecule has 0 saturated heterocycles. The van der Waals surface area contributed by atoms with Crippen molar-refractivity contribution in [2.45, 2.75) is 20.0 Å². The molecule has 3 aromatic carbocycles. The predicted molar refractivity (Wildman–Crippen MR) is 128 cm³/mol. The van der Waals surface area contributed by atoms with Crippen LogP contribution in [-0.4, -0.2) is 16.9 Å². The molecule has 1 unspecified atom stereocenters. The van der Waals surface area contributed by atoms with E-state index in [9.17, 15) is 9.59 Å². The number of esters is 1. The van der Waals surface area contributed by atoms with Crippen LogP contribution in [0, 0.1) is 13.8 Å². The van der Waals surface area contributed by atoms with Crippen molar-refractivity contribution in [2.75, 3.05) is 5.32 Å². The Morgan fingerprint density at radius 1 is 0.969 bits per heavy atom. The number of ether oxygens (including phenoxy) is 1. The maximum Gasteiger partial charge on any atom is 0.331 e. The van der Waals surface area contributed by atoms with E-state index in [4.69, 9.17) is 4.74 Å². The molecule has 1 atom stereocenters. The molecule has 0 spiro atoms. The van der Waals surface area contributed by atoms with Crippen molar-refractivity contribution in [3.05, 3.63) is 101 Å². The molecule has 160 valence electrons. The molecule has 1 amide bonds. The molecule has 0 saturated carbocycles. The lowest BCUT2D eigenvalue weighted by atomic mass is 10.1. The van der Waals surface area contributed by atoms with E-state index in [0.29, 0.717) is 16.3 Å². The molecule has 0 aliphatic heterocycles. The fraction of sp³-hybridized carbons (Fsp3) is 0.115. The van der Waals surface area contributed by atoms with Crippen molar-refractivity contribution in [3.63, 3.8) is 0 Å². The maximum absolute atomic E-state index is 13.0. The van der Waals surface area contributed by atoms with Crippen LogP contribution >= 0.6 is 11.3 Å². The number of aromatic nitrogens is 1. The van der Waals surface area contributed by atoms with Gasteiger partial charge in [0.05, 0.1) is 10.2 Å². The van der Waals surface area contributed by atoms with E-state index in [1.165, 1.54) is 17.4 Å². The number of thiazole rings is 1. The average molecular weight is 443 g/mol. The zero-order valence-corrected chi connectivity index (χ0v) is 18.6. The van der Waals surface area contributed by atoms with Crippen LogP contribution in [0.3, 0.4) is 0 Å². The average Bonchev–Trinajstić information content (AvgIpc) is 3.19. The Morgan fingerprint density at radius 3 is 2.38 bits per heavy atom. The molecule has 1 heterocycles. The SMILES string of the molecule is Cc1cc(C)cc(NC(=O)C(OC(=O)/C=C/c2nc3ccccc3s2)c2ccccc2)c1. The third-order valence-electron chi connectivity index (χ3n) is 4.74. The van der Waals surface area contributed by atoms with Gasteiger partial charge in [-0.05, 0) is 55.3 Å². The predicted octanol–water partition coefficient (Wildman–Crippen LogP) is 5.85. The van der Waals surface area contributed by atoms with Gasteiger partial charge in [-0.25, -0.2) is 9.78 Å². The molecule has 4 aromatic rings. The number of hydrogen-bond acceptors (Lipinski definition) is 5. The van der Waals surface area contributed by atoms with Crippen molar-refractivity contribution in [1.82, 2.24) is 4.98 Å². The molecule has 6 heteroatoms. The monoisotopic (exact) mass is 442 g/mol. The summed E-state index contributed by atoms with van der Waals surface area (Å²) in [5.74, 6) is -1.03. The van der Waals surface area contributed by atoms with Gasteiger partial charge >= 0.3 is 5.97 Å². The second-order valence-electron chi connectivity index (χ2n) is 7.45. The second kappa shape index (κ2) is 9.58. The highest BCUT2D eigenvalue weighted by atomic mass is 32.1. The largest absolute Gasteiger partial charge is 0.444 e. The number of nitrogens with zero attached hydrogens (tertiary/aromatic N) is 1. The van der Waals surface area contributed by atoms with Crippen molar-refractivity contribution in [1.29, 1.82) is 0 Å². The lowest BCUT2D eigenvalue weighted by Crippen LogP contribution is -2.25. The van der Waals surface area contributed by atoms with Gasteiger partial charge in [-0.1, -0.05) is 48.5 Å². The van der Waals surface area contributed by atoms with Crippen LogP contribution in [-0.2, 0) is 14.3 Å². The minimum absolute atomic E-state index is 0.414. The van der Waals surface area contributed by atoms with Crippen LogP contribution in [0.25, 0.3) is 16.3 Å². The Labute approximate surface area is 190 Å². The van der Waals surface area contributed by atoms with Gasteiger partial charge in [0.25, 0.3) is 5.91 Å². The topological polar surface area (TPSA) is 68.3 Å². The third-order valence-corrected chi connectivity index (χ3v) is 5.74. The van der Waals surface area contributed by atoms with Gasteiger partial charge in [-0.15, -0.1) is 11.3 Å². The summed E-state index contributed by atoms with van der Waals surface area (Å²) >= 11 is 1.48. The van der Waals surface area contributed by atoms with Gasteiger partial charge in [0, 0.05) is 17.3 Å². The smallest absolute Gasteiger partial charge is 0.331 e. The van der Waals surface area contributed by atoms with Crippen LogP contribution in [0.15, 0.2) is 78.9 Å². The first-order valence-corrected chi connectivity index (χ1v) is 11.0. The highest BCUT2D eigenvalue weighted by Gasteiger charge is 2.24. The molecule has 5 nitrogen and oxygen atoms in total. The zero-order valence-electron chi connectivity index (χ0n) is 17.7. The standard InChI is InChI=1S/C26H22N2O3S/c1-17-14-18(2)16-20(15-17)27-26(30)25(19-8-4-3-5-9-19)31-24(29)13-12-23-28-21-10-6-7-11-22(21)32-23/h3-16,25H,1-2H3,(H,27,30)/b13-12+. The lowest BCUT2D eigenvalue weighted by molar-refractivity contribution is -0.149. The van der Waals surface area contributed by atoms with Gasteiger partial charge in [-0.2, -0.15) is 0 Å². The Hall–Kier alpha value is -3.77. The molecule has 0 aliphatic carbocycles. The highest BCUT2D eigenvalue weighted by Crippen LogP contribution is 2.24. The van der Waals surface area contributed by atoms with E-state index in [1.807, 2.05) is 62.4 Å². The van der Waals surface area contributed by atoms with Gasteiger partial charge < -0.3 is 10.1 Å². The number of para-hydroxylation sites is 1. The Morgan fingerprint density at radius 2 is 1.66 bits per heavy atom. The summed E-state index contributed by atoms with van der Waals surface area (Å²) < 4.78 is 6.60. The third kappa shape index (κ3) is 5.28. The van der Waals surface area contributed by atoms with Crippen molar-refractivity contribution < 1.29 is 14.3 Å². The molecule has 0 fully saturated rings. The van der Waals surface area contributed by atoms with Gasteiger partial charge in [-0.3, -0.25) is 4.79 Å². The summed E-state index contributed by atoms with van der Waals surface area (Å²) in [5, 5.41) is 3.56. The number of carbonyl (C=O) groups excluding carboxylic acids is 2. The van der Waals surface area contributed by atoms with E-state index in [0.717, 1.165) is 21.3 Å². The maximum atomic E-state index is 13.0. The molecular formula is C26H22N2O3S. The highest BCUT2D eigenvalue weighted by molar-refractivity contribution is 7.19. The number of fused-ring (bicyclic) bond motifs is 1. The first kappa shape index (κ1) is 21.5. The minimum Gasteiger partial charge on any atom is -0.444 e. The molecule has 1 N–H and O–H groups in total. The number of carbonyl (C=O) groups is 2. The molecule has 0 radical (unpaired) electrons. The molecule has 32 heavy (non-hydrogen) atoms. The first-order valence-electron chi connectivity index (χ1n) is 10.2. The normalized spacial score (nSPS) is 12.1. The second-order valence-corrected chi connectivity index (χ2v) is 8.51. The van der Waals surface area contributed by atoms with Crippen LogP contribution in [0.4, 0.5) is 5.69 Å². The van der Waals surface area contributed by atoms with Crippen molar-refractivity contribution in [2.24, 2.45) is 0 Å². The van der Waals surface area contributed by atoms with Crippen LogP contribution in [0.2, 0.25) is 0 Å². The fourth-order valence-electron chi connectivity index (χ4n) is 3.41. The number of amides is 1. The summed E-state index contributed by atoms with van der Waals surface area (Å²) in [6.45, 7) is 3.92. The van der Waals surface area contributed by atoms with E-state index in [-0.39, 0.29) is 0 Å². The molecule has 4 rings (SSSR count). The number of benzene rings is 3. The quantitative estimate of drug-likeness (QED) is 0.300. The summed E-state index contributed by atoms with van der Waals surface area (Å²) in [6.07, 6.45) is 1.83. The molecule has 0 bridgehead atoms. The Kier molecular flexibility index (Phi) is 6.42. The number of aryl methyl sites for hydroxylation is 2. The van der Waals surface area contributed by atoms with E-state index in [1.54, 1.807) is 30.3 Å². The number of anilines is 1. The van der Waals surface area contributed by atoms with Gasteiger partial charge in [0.15, 0.2) is 0 Å². The van der Waals surface area contributed by atoms with E-state index < -0.39 is 18.0 Å². The van der Waals surface area contributed by atoms with E-state index in [2.05, 4.69) is 10.3 Å². The summed E-state index contributed by atoms with van der Waals surface area (Å²) in [7, 11) is 0. The van der Waals surface area contributed by atoms with Crippen LogP contribution in [0.5, 0.6) is 0 Å². The number of hydrogen-bond donors (Lipinski definition) is 1. The summed E-state index contributed by atoms with van der Waals surface area (Å²) in [4.78, 5) is 30.1. The number of nitrogens with one attached hydrogen (secondary N) is 1. The van der Waals surface area contributed by atoms with Crippen molar-refractivity contribution in [3.8, 4) is 0 Å². The summed E-state index contributed by atoms with van der Waals surface area (Å²) in [6, 6.07) is 22.5. The minimum atomic E-state index is -1.08. The molecule has 0 aliphatic rings. The fourth-order valence-corrected chi connectivity index (χ4v) is 4.28. The molecular weight excluding hydrogens is 420 g/mol. The van der Waals surface area contributed by atoms with E-state index >= 15 is 0 Å². The first-order chi connectivity index (χ1) is 15.5.